The van der Waals surface area contributed by atoms with E-state index in [1.165, 1.54) is 11.8 Å². The molecule has 1 N–H and O–H groups in total. The van der Waals surface area contributed by atoms with Gasteiger partial charge in [-0.1, -0.05) is 6.07 Å². The number of aromatic nitrogens is 1. The fourth-order valence-corrected chi connectivity index (χ4v) is 2.78. The van der Waals surface area contributed by atoms with Gasteiger partial charge in [-0.15, -0.1) is 11.8 Å². The topological polar surface area (TPSA) is 42.0 Å². The van der Waals surface area contributed by atoms with Gasteiger partial charge in [-0.3, -0.25) is 4.79 Å². The first-order valence-electron chi connectivity index (χ1n) is 5.68. The SMILES string of the molecule is CSc1ncccc1C(=O)Nc1ccc(C)cc1Br. The second kappa shape index (κ2) is 6.21. The van der Waals surface area contributed by atoms with E-state index in [9.17, 15) is 4.79 Å². The van der Waals surface area contributed by atoms with Crippen molar-refractivity contribution in [3.05, 3.63) is 52.1 Å². The maximum absolute atomic E-state index is 12.2. The zero-order valence-electron chi connectivity index (χ0n) is 10.6. The molecule has 98 valence electrons. The molecule has 0 fully saturated rings. The molecule has 0 aliphatic carbocycles. The molecule has 0 saturated heterocycles. The third kappa shape index (κ3) is 3.36. The normalized spacial score (nSPS) is 10.3. The number of aryl methyl sites for hydroxylation is 1. The van der Waals surface area contributed by atoms with Gasteiger partial charge in [-0.05, 0) is 58.9 Å². The lowest BCUT2D eigenvalue weighted by Crippen LogP contribution is -2.13. The van der Waals surface area contributed by atoms with Crippen LogP contribution < -0.4 is 5.32 Å². The van der Waals surface area contributed by atoms with Crippen molar-refractivity contribution in [3.63, 3.8) is 0 Å². The number of benzene rings is 1. The number of pyridine rings is 1. The van der Waals surface area contributed by atoms with Crippen LogP contribution >= 0.6 is 27.7 Å². The maximum atomic E-state index is 12.2. The van der Waals surface area contributed by atoms with Gasteiger partial charge in [-0.25, -0.2) is 4.98 Å². The number of nitrogens with one attached hydrogen (secondary N) is 1. The van der Waals surface area contributed by atoms with Crippen molar-refractivity contribution >= 4 is 39.3 Å². The van der Waals surface area contributed by atoms with Crippen LogP contribution in [0.2, 0.25) is 0 Å². The first-order chi connectivity index (χ1) is 9.11. The molecule has 0 radical (unpaired) electrons. The summed E-state index contributed by atoms with van der Waals surface area (Å²) in [5.74, 6) is -0.151. The standard InChI is InChI=1S/C14H13BrN2OS/c1-9-5-6-12(11(15)8-9)17-13(18)10-4-3-7-16-14(10)19-2/h3-8H,1-2H3,(H,17,18). The molecule has 0 bridgehead atoms. The summed E-state index contributed by atoms with van der Waals surface area (Å²) in [5.41, 5.74) is 2.48. The maximum Gasteiger partial charge on any atom is 0.258 e. The van der Waals surface area contributed by atoms with E-state index in [1.807, 2.05) is 31.4 Å². The van der Waals surface area contributed by atoms with Crippen molar-refractivity contribution in [3.8, 4) is 0 Å². The van der Waals surface area contributed by atoms with Crippen LogP contribution in [0.15, 0.2) is 46.0 Å². The molecule has 1 amide bonds. The Balaban J connectivity index is 2.26. The van der Waals surface area contributed by atoms with E-state index in [1.54, 1.807) is 18.3 Å². The molecular weight excluding hydrogens is 324 g/mol. The zero-order chi connectivity index (χ0) is 13.8. The van der Waals surface area contributed by atoms with Gasteiger partial charge in [0.25, 0.3) is 5.91 Å². The van der Waals surface area contributed by atoms with Crippen LogP contribution in [0, 0.1) is 6.92 Å². The van der Waals surface area contributed by atoms with E-state index >= 15 is 0 Å². The Morgan fingerprint density at radius 2 is 2.16 bits per heavy atom. The fraction of sp³-hybridized carbons (Fsp3) is 0.143. The fourth-order valence-electron chi connectivity index (χ4n) is 1.64. The van der Waals surface area contributed by atoms with Crippen molar-refractivity contribution in [1.82, 2.24) is 4.98 Å². The number of nitrogens with zero attached hydrogens (tertiary/aromatic N) is 1. The smallest absolute Gasteiger partial charge is 0.258 e. The summed E-state index contributed by atoms with van der Waals surface area (Å²) in [4.78, 5) is 16.4. The highest BCUT2D eigenvalue weighted by atomic mass is 79.9. The first-order valence-corrected chi connectivity index (χ1v) is 7.70. The highest BCUT2D eigenvalue weighted by Crippen LogP contribution is 2.25. The number of anilines is 1. The summed E-state index contributed by atoms with van der Waals surface area (Å²) in [5, 5.41) is 3.61. The van der Waals surface area contributed by atoms with E-state index in [4.69, 9.17) is 0 Å². The molecular formula is C14H13BrN2OS. The van der Waals surface area contributed by atoms with Crippen molar-refractivity contribution in [1.29, 1.82) is 0 Å². The molecule has 0 saturated carbocycles. The predicted molar refractivity (Wildman–Crippen MR) is 82.9 cm³/mol. The van der Waals surface area contributed by atoms with Crippen molar-refractivity contribution in [2.75, 3.05) is 11.6 Å². The summed E-state index contributed by atoms with van der Waals surface area (Å²) in [6, 6.07) is 9.34. The Kier molecular flexibility index (Phi) is 4.61. The van der Waals surface area contributed by atoms with Crippen LogP contribution in [0.3, 0.4) is 0 Å². The van der Waals surface area contributed by atoms with Crippen LogP contribution in [0.4, 0.5) is 5.69 Å². The molecule has 0 unspecified atom stereocenters. The van der Waals surface area contributed by atoms with Gasteiger partial charge in [-0.2, -0.15) is 0 Å². The van der Waals surface area contributed by atoms with Crippen LogP contribution in [-0.4, -0.2) is 17.1 Å². The number of hydrogen-bond donors (Lipinski definition) is 1. The van der Waals surface area contributed by atoms with Crippen LogP contribution in [0.1, 0.15) is 15.9 Å². The average molecular weight is 337 g/mol. The lowest BCUT2D eigenvalue weighted by Gasteiger charge is -2.09. The highest BCUT2D eigenvalue weighted by molar-refractivity contribution is 9.10. The second-order valence-electron chi connectivity index (χ2n) is 4.00. The minimum atomic E-state index is -0.151. The lowest BCUT2D eigenvalue weighted by atomic mass is 10.2. The minimum absolute atomic E-state index is 0.151. The molecule has 0 aliphatic rings. The van der Waals surface area contributed by atoms with Gasteiger partial charge in [0.05, 0.1) is 11.3 Å². The van der Waals surface area contributed by atoms with Gasteiger partial charge >= 0.3 is 0 Å². The lowest BCUT2D eigenvalue weighted by molar-refractivity contribution is 0.102. The van der Waals surface area contributed by atoms with Crippen LogP contribution in [-0.2, 0) is 0 Å². The van der Waals surface area contributed by atoms with Crippen LogP contribution in [0.25, 0.3) is 0 Å². The van der Waals surface area contributed by atoms with Crippen molar-refractivity contribution < 1.29 is 4.79 Å². The number of halogens is 1. The third-order valence-corrected chi connectivity index (χ3v) is 3.95. The van der Waals surface area contributed by atoms with Gasteiger partial charge in [0.2, 0.25) is 0 Å². The average Bonchev–Trinajstić information content (AvgIpc) is 2.41. The molecule has 0 aliphatic heterocycles. The second-order valence-corrected chi connectivity index (χ2v) is 5.65. The number of hydrogen-bond acceptors (Lipinski definition) is 3. The molecule has 19 heavy (non-hydrogen) atoms. The molecule has 0 atom stereocenters. The largest absolute Gasteiger partial charge is 0.321 e. The molecule has 2 rings (SSSR count). The summed E-state index contributed by atoms with van der Waals surface area (Å²) >= 11 is 4.91. The summed E-state index contributed by atoms with van der Waals surface area (Å²) < 4.78 is 0.871. The Bertz CT molecular complexity index is 616. The molecule has 1 aromatic heterocycles. The molecule has 1 heterocycles. The van der Waals surface area contributed by atoms with Gasteiger partial charge < -0.3 is 5.32 Å². The number of carbonyl (C=O) groups excluding carboxylic acids is 1. The first kappa shape index (κ1) is 14.1. The molecule has 0 spiro atoms. The third-order valence-electron chi connectivity index (χ3n) is 2.58. The summed E-state index contributed by atoms with van der Waals surface area (Å²) in [7, 11) is 0. The number of rotatable bonds is 3. The number of amides is 1. The zero-order valence-corrected chi connectivity index (χ0v) is 13.0. The van der Waals surface area contributed by atoms with E-state index in [2.05, 4.69) is 26.2 Å². The van der Waals surface area contributed by atoms with E-state index in [0.29, 0.717) is 5.56 Å². The molecule has 1 aromatic carbocycles. The molecule has 5 heteroatoms. The van der Waals surface area contributed by atoms with Gasteiger partial charge in [0.1, 0.15) is 5.03 Å². The van der Waals surface area contributed by atoms with Crippen LogP contribution in [0.5, 0.6) is 0 Å². The summed E-state index contributed by atoms with van der Waals surface area (Å²) in [6.07, 6.45) is 3.59. The molecule has 2 aromatic rings. The summed E-state index contributed by atoms with van der Waals surface area (Å²) in [6.45, 7) is 2.00. The monoisotopic (exact) mass is 336 g/mol. The van der Waals surface area contributed by atoms with E-state index in [-0.39, 0.29) is 5.91 Å². The predicted octanol–water partition coefficient (Wildman–Crippen LogP) is 4.13. The molecule has 3 nitrogen and oxygen atoms in total. The van der Waals surface area contributed by atoms with Gasteiger partial charge in [0, 0.05) is 10.7 Å². The van der Waals surface area contributed by atoms with Crippen molar-refractivity contribution in [2.24, 2.45) is 0 Å². The van der Waals surface area contributed by atoms with E-state index < -0.39 is 0 Å². The highest BCUT2D eigenvalue weighted by Gasteiger charge is 2.12. The van der Waals surface area contributed by atoms with Crippen molar-refractivity contribution in [2.45, 2.75) is 11.9 Å². The number of carbonyl (C=O) groups is 1. The van der Waals surface area contributed by atoms with E-state index in [0.717, 1.165) is 20.7 Å². The Morgan fingerprint density at radius 3 is 2.84 bits per heavy atom. The Labute approximate surface area is 125 Å². The quantitative estimate of drug-likeness (QED) is 0.857. The Morgan fingerprint density at radius 1 is 1.37 bits per heavy atom. The number of thioether (sulfide) groups is 1. The van der Waals surface area contributed by atoms with Gasteiger partial charge in [0.15, 0.2) is 0 Å². The Hall–Kier alpha value is -1.33. The minimum Gasteiger partial charge on any atom is -0.321 e.